The monoisotopic (exact) mass is 186 g/mol. The molecule has 0 atom stereocenters. The quantitative estimate of drug-likeness (QED) is 0.683. The van der Waals surface area contributed by atoms with Crippen molar-refractivity contribution >= 4 is 0 Å². The van der Waals surface area contributed by atoms with E-state index >= 15 is 0 Å². The number of pyridine rings is 1. The fraction of sp³-hybridized carbons (Fsp3) is 0.143. The van der Waals surface area contributed by atoms with Gasteiger partial charge in [-0.25, -0.2) is 8.78 Å². The van der Waals surface area contributed by atoms with Crippen LogP contribution in [0.15, 0.2) is 11.0 Å². The maximum absolute atomic E-state index is 12.2. The SMILES string of the molecule is N#Cc1[nH]cc(O)c(=O)c1C(F)F. The van der Waals surface area contributed by atoms with Crippen LogP contribution in [0.2, 0.25) is 0 Å². The highest BCUT2D eigenvalue weighted by Gasteiger charge is 2.19. The molecular formula is C7H4F2N2O2. The maximum Gasteiger partial charge on any atom is 0.270 e. The molecular weight excluding hydrogens is 182 g/mol. The fourth-order valence-electron chi connectivity index (χ4n) is 0.836. The van der Waals surface area contributed by atoms with Crippen LogP contribution in [0.25, 0.3) is 0 Å². The van der Waals surface area contributed by atoms with Crippen molar-refractivity contribution in [3.8, 4) is 11.8 Å². The van der Waals surface area contributed by atoms with Gasteiger partial charge in [0.2, 0.25) is 5.43 Å². The second kappa shape index (κ2) is 3.23. The lowest BCUT2D eigenvalue weighted by atomic mass is 10.2. The van der Waals surface area contributed by atoms with Crippen LogP contribution in [0.1, 0.15) is 17.7 Å². The number of nitrogens with one attached hydrogen (secondary N) is 1. The van der Waals surface area contributed by atoms with Crippen molar-refractivity contribution in [1.29, 1.82) is 5.26 Å². The lowest BCUT2D eigenvalue weighted by Gasteiger charge is -2.01. The second-order valence-corrected chi connectivity index (χ2v) is 2.20. The number of aromatic amines is 1. The molecule has 68 valence electrons. The van der Waals surface area contributed by atoms with Gasteiger partial charge in [-0.2, -0.15) is 5.26 Å². The number of hydrogen-bond acceptors (Lipinski definition) is 3. The average molecular weight is 186 g/mol. The molecule has 0 aliphatic rings. The van der Waals surface area contributed by atoms with Gasteiger partial charge in [-0.05, 0) is 0 Å². The van der Waals surface area contributed by atoms with E-state index in [0.717, 1.165) is 6.20 Å². The Balaban J connectivity index is 3.53. The number of aromatic nitrogens is 1. The van der Waals surface area contributed by atoms with E-state index in [1.165, 1.54) is 6.07 Å². The van der Waals surface area contributed by atoms with Gasteiger partial charge >= 0.3 is 0 Å². The Morgan fingerprint density at radius 2 is 2.23 bits per heavy atom. The standard InChI is InChI=1S/C7H4F2N2O2/c8-7(9)5-3(1-10)11-2-4(12)6(5)13/h2,7,12H,(H,11,13). The van der Waals surface area contributed by atoms with Crippen molar-refractivity contribution in [1.82, 2.24) is 4.98 Å². The summed E-state index contributed by atoms with van der Waals surface area (Å²) in [7, 11) is 0. The first-order chi connectivity index (χ1) is 6.07. The third kappa shape index (κ3) is 1.49. The highest BCUT2D eigenvalue weighted by molar-refractivity contribution is 5.36. The molecule has 0 fully saturated rings. The van der Waals surface area contributed by atoms with Crippen LogP contribution in [0.4, 0.5) is 8.78 Å². The van der Waals surface area contributed by atoms with Gasteiger partial charge in [0.1, 0.15) is 17.3 Å². The maximum atomic E-state index is 12.2. The van der Waals surface area contributed by atoms with Gasteiger partial charge < -0.3 is 10.1 Å². The molecule has 0 radical (unpaired) electrons. The van der Waals surface area contributed by atoms with E-state index in [2.05, 4.69) is 4.98 Å². The molecule has 0 spiro atoms. The minimum absolute atomic E-state index is 0.530. The van der Waals surface area contributed by atoms with Crippen LogP contribution < -0.4 is 5.43 Å². The van der Waals surface area contributed by atoms with E-state index < -0.39 is 28.9 Å². The minimum Gasteiger partial charge on any atom is -0.503 e. The summed E-state index contributed by atoms with van der Waals surface area (Å²) in [5.74, 6) is -0.825. The van der Waals surface area contributed by atoms with E-state index in [-0.39, 0.29) is 0 Å². The molecule has 4 nitrogen and oxygen atoms in total. The lowest BCUT2D eigenvalue weighted by Crippen LogP contribution is -2.12. The molecule has 0 saturated carbocycles. The van der Waals surface area contributed by atoms with E-state index in [1.54, 1.807) is 0 Å². The molecule has 0 aromatic carbocycles. The van der Waals surface area contributed by atoms with Gasteiger partial charge in [0.25, 0.3) is 6.43 Å². The minimum atomic E-state index is -3.08. The number of halogens is 2. The van der Waals surface area contributed by atoms with E-state index in [0.29, 0.717) is 0 Å². The van der Waals surface area contributed by atoms with Crippen LogP contribution in [0.3, 0.4) is 0 Å². The number of alkyl halides is 2. The van der Waals surface area contributed by atoms with Gasteiger partial charge in [0.15, 0.2) is 5.75 Å². The molecule has 1 aromatic rings. The largest absolute Gasteiger partial charge is 0.503 e. The van der Waals surface area contributed by atoms with E-state index in [4.69, 9.17) is 10.4 Å². The molecule has 1 aromatic heterocycles. The Kier molecular flexibility index (Phi) is 2.28. The summed E-state index contributed by atoms with van der Waals surface area (Å²) in [5.41, 5.74) is -2.74. The zero-order valence-corrected chi connectivity index (χ0v) is 6.21. The van der Waals surface area contributed by atoms with E-state index in [1.807, 2.05) is 0 Å². The third-order valence-corrected chi connectivity index (χ3v) is 1.43. The van der Waals surface area contributed by atoms with Crippen LogP contribution in [-0.2, 0) is 0 Å². The Labute approximate surface area is 71.1 Å². The number of nitrogens with zero attached hydrogens (tertiary/aromatic N) is 1. The molecule has 6 heteroatoms. The Morgan fingerprint density at radius 3 is 2.69 bits per heavy atom. The molecule has 0 aliphatic heterocycles. The van der Waals surface area contributed by atoms with Crippen molar-refractivity contribution < 1.29 is 13.9 Å². The van der Waals surface area contributed by atoms with Gasteiger partial charge in [-0.3, -0.25) is 4.79 Å². The molecule has 2 N–H and O–H groups in total. The van der Waals surface area contributed by atoms with Gasteiger partial charge in [-0.1, -0.05) is 0 Å². The Morgan fingerprint density at radius 1 is 1.62 bits per heavy atom. The van der Waals surface area contributed by atoms with Gasteiger partial charge in [-0.15, -0.1) is 0 Å². The highest BCUT2D eigenvalue weighted by Crippen LogP contribution is 2.18. The number of aromatic hydroxyl groups is 1. The predicted molar refractivity (Wildman–Crippen MR) is 38.4 cm³/mol. The zero-order valence-electron chi connectivity index (χ0n) is 6.21. The predicted octanol–water partition coefficient (Wildman–Crippen LogP) is 0.890. The van der Waals surface area contributed by atoms with Crippen molar-refractivity contribution in [2.24, 2.45) is 0 Å². The van der Waals surface area contributed by atoms with Crippen molar-refractivity contribution in [3.63, 3.8) is 0 Å². The first-order valence-electron chi connectivity index (χ1n) is 3.20. The summed E-state index contributed by atoms with van der Waals surface area (Å²) in [4.78, 5) is 13.0. The first-order valence-corrected chi connectivity index (χ1v) is 3.20. The number of nitriles is 1. The number of H-pyrrole nitrogens is 1. The van der Waals surface area contributed by atoms with Crippen molar-refractivity contribution in [2.75, 3.05) is 0 Å². The summed E-state index contributed by atoms with van der Waals surface area (Å²) in [6, 6.07) is 1.40. The van der Waals surface area contributed by atoms with E-state index in [9.17, 15) is 13.6 Å². The molecule has 1 rings (SSSR count). The Hall–Kier alpha value is -1.90. The summed E-state index contributed by atoms with van der Waals surface area (Å²) in [6.45, 7) is 0. The van der Waals surface area contributed by atoms with Crippen molar-refractivity contribution in [3.05, 3.63) is 27.7 Å². The van der Waals surface area contributed by atoms with Crippen molar-refractivity contribution in [2.45, 2.75) is 6.43 Å². The number of rotatable bonds is 1. The first kappa shape index (κ1) is 9.19. The number of hydrogen-bond donors (Lipinski definition) is 2. The van der Waals surface area contributed by atoms with Gasteiger partial charge in [0, 0.05) is 6.20 Å². The molecule has 0 saturated heterocycles. The fourth-order valence-corrected chi connectivity index (χ4v) is 0.836. The Bertz CT molecular complexity index is 419. The van der Waals surface area contributed by atoms with Crippen LogP contribution >= 0.6 is 0 Å². The molecule has 1 heterocycles. The summed E-state index contributed by atoms with van der Waals surface area (Å²) in [6.07, 6.45) is -2.28. The van der Waals surface area contributed by atoms with Crippen LogP contribution in [-0.4, -0.2) is 10.1 Å². The van der Waals surface area contributed by atoms with Crippen LogP contribution in [0, 0.1) is 11.3 Å². The molecule has 0 bridgehead atoms. The topological polar surface area (TPSA) is 76.9 Å². The highest BCUT2D eigenvalue weighted by atomic mass is 19.3. The molecule has 0 unspecified atom stereocenters. The zero-order chi connectivity index (χ0) is 10.0. The molecule has 0 aliphatic carbocycles. The summed E-state index contributed by atoms with van der Waals surface area (Å²) < 4.78 is 24.3. The normalized spacial score (nSPS) is 10.0. The summed E-state index contributed by atoms with van der Waals surface area (Å²) >= 11 is 0. The smallest absolute Gasteiger partial charge is 0.270 e. The molecule has 0 amide bonds. The second-order valence-electron chi connectivity index (χ2n) is 2.20. The average Bonchev–Trinajstić information content (AvgIpc) is 2.08. The van der Waals surface area contributed by atoms with Gasteiger partial charge in [0.05, 0.1) is 0 Å². The van der Waals surface area contributed by atoms with Crippen LogP contribution in [0.5, 0.6) is 5.75 Å². The molecule has 13 heavy (non-hydrogen) atoms. The summed E-state index contributed by atoms with van der Waals surface area (Å²) in [5, 5.41) is 17.1. The third-order valence-electron chi connectivity index (χ3n) is 1.43. The lowest BCUT2D eigenvalue weighted by molar-refractivity contribution is 0.149.